The number of nitriles is 1. The fourth-order valence-electron chi connectivity index (χ4n) is 5.23. The minimum atomic E-state index is 0.302. The second kappa shape index (κ2) is 10.6. The number of nitrogens with zero attached hydrogens (tertiary/aromatic N) is 5. The molecule has 0 spiro atoms. The number of likely N-dealkylation sites (tertiary alicyclic amines) is 1. The summed E-state index contributed by atoms with van der Waals surface area (Å²) >= 11 is 1.46. The summed E-state index contributed by atoms with van der Waals surface area (Å²) < 4.78 is 14.1. The molecule has 4 aromatic rings. The van der Waals surface area contributed by atoms with Crippen LogP contribution in [0, 0.1) is 18.3 Å². The van der Waals surface area contributed by atoms with E-state index in [2.05, 4.69) is 46.7 Å². The van der Waals surface area contributed by atoms with E-state index < -0.39 is 0 Å². The Morgan fingerprint density at radius 2 is 1.97 bits per heavy atom. The molecule has 0 aliphatic carbocycles. The molecular weight excluding hydrogens is 482 g/mol. The molecule has 2 aliphatic rings. The normalized spacial score (nSPS) is 18.5. The molecule has 0 radical (unpaired) electrons. The molecule has 37 heavy (non-hydrogen) atoms. The first-order valence-corrected chi connectivity index (χ1v) is 13.8. The monoisotopic (exact) mass is 513 g/mol. The third kappa shape index (κ3) is 5.40. The van der Waals surface area contributed by atoms with Gasteiger partial charge in [-0.15, -0.1) is 11.3 Å². The van der Waals surface area contributed by atoms with Crippen molar-refractivity contribution in [2.24, 2.45) is 0 Å². The number of aryl methyl sites for hydroxylation is 1. The molecule has 190 valence electrons. The van der Waals surface area contributed by atoms with Crippen molar-refractivity contribution in [3.8, 4) is 11.9 Å². The first kappa shape index (κ1) is 24.1. The highest BCUT2D eigenvalue weighted by atomic mass is 32.1. The van der Waals surface area contributed by atoms with Crippen LogP contribution in [0.3, 0.4) is 0 Å². The van der Waals surface area contributed by atoms with Crippen molar-refractivity contribution < 1.29 is 9.47 Å². The van der Waals surface area contributed by atoms with Crippen LogP contribution in [0.15, 0.2) is 48.5 Å². The lowest BCUT2D eigenvalue weighted by Crippen LogP contribution is -2.35. The van der Waals surface area contributed by atoms with Gasteiger partial charge >= 0.3 is 0 Å². The van der Waals surface area contributed by atoms with Crippen molar-refractivity contribution >= 4 is 22.4 Å². The Hall–Kier alpha value is -3.25. The lowest BCUT2D eigenvalue weighted by atomic mass is 9.93. The number of fused-ring (bicyclic) bond motifs is 1. The Kier molecular flexibility index (Phi) is 6.92. The largest absolute Gasteiger partial charge is 0.472 e. The molecule has 2 fully saturated rings. The summed E-state index contributed by atoms with van der Waals surface area (Å²) in [5, 5.41) is 9.02. The topological polar surface area (TPSA) is 76.2 Å². The molecule has 0 amide bonds. The van der Waals surface area contributed by atoms with Crippen LogP contribution in [0.2, 0.25) is 0 Å². The summed E-state index contributed by atoms with van der Waals surface area (Å²) in [5.41, 5.74) is 4.65. The van der Waals surface area contributed by atoms with Crippen LogP contribution in [0.5, 0.6) is 5.88 Å². The van der Waals surface area contributed by atoms with Crippen LogP contribution < -0.4 is 4.74 Å². The second-order valence-corrected chi connectivity index (χ2v) is 11.2. The number of thiophene rings is 1. The van der Waals surface area contributed by atoms with E-state index >= 15 is 0 Å². The highest BCUT2D eigenvalue weighted by Gasteiger charge is 2.26. The van der Waals surface area contributed by atoms with Gasteiger partial charge in [-0.05, 0) is 75.2 Å². The van der Waals surface area contributed by atoms with Crippen LogP contribution in [0.1, 0.15) is 52.0 Å². The fourth-order valence-corrected chi connectivity index (χ4v) is 5.94. The van der Waals surface area contributed by atoms with E-state index in [0.717, 1.165) is 74.0 Å². The van der Waals surface area contributed by atoms with Gasteiger partial charge in [0.2, 0.25) is 5.88 Å². The average molecular weight is 514 g/mol. The van der Waals surface area contributed by atoms with Crippen LogP contribution >= 0.6 is 11.3 Å². The maximum atomic E-state index is 9.02. The molecule has 2 saturated heterocycles. The SMILES string of the molecule is Cc1ccc2nc(CN3CCC(c4cccc(OCc5ccc(C#N)s5)n4)CC3)n(C[C@@H]3CCO3)c2c1. The smallest absolute Gasteiger partial charge is 0.213 e. The van der Waals surface area contributed by atoms with Crippen LogP contribution in [-0.2, 0) is 24.4 Å². The van der Waals surface area contributed by atoms with Crippen molar-refractivity contribution in [3.63, 3.8) is 0 Å². The summed E-state index contributed by atoms with van der Waals surface area (Å²) in [5.74, 6) is 2.21. The van der Waals surface area contributed by atoms with Gasteiger partial charge in [0.15, 0.2) is 0 Å². The van der Waals surface area contributed by atoms with Gasteiger partial charge in [0.25, 0.3) is 0 Å². The number of rotatable bonds is 8. The summed E-state index contributed by atoms with van der Waals surface area (Å²) in [6.07, 6.45) is 3.56. The summed E-state index contributed by atoms with van der Waals surface area (Å²) in [6, 6.07) is 18.5. The molecule has 3 aromatic heterocycles. The van der Waals surface area contributed by atoms with Crippen molar-refractivity contribution in [2.45, 2.75) is 57.9 Å². The third-order valence-electron chi connectivity index (χ3n) is 7.41. The molecule has 0 N–H and O–H groups in total. The number of hydrogen-bond donors (Lipinski definition) is 0. The molecule has 1 atom stereocenters. The highest BCUT2D eigenvalue weighted by Crippen LogP contribution is 2.30. The van der Waals surface area contributed by atoms with E-state index in [1.807, 2.05) is 24.3 Å². The summed E-state index contributed by atoms with van der Waals surface area (Å²) in [6.45, 7) is 7.23. The van der Waals surface area contributed by atoms with Crippen LogP contribution in [0.4, 0.5) is 0 Å². The van der Waals surface area contributed by atoms with E-state index in [-0.39, 0.29) is 0 Å². The van der Waals surface area contributed by atoms with E-state index in [0.29, 0.717) is 29.4 Å². The number of pyridine rings is 1. The number of hydrogen-bond acceptors (Lipinski definition) is 7. The highest BCUT2D eigenvalue weighted by molar-refractivity contribution is 7.12. The molecule has 8 heteroatoms. The minimum absolute atomic E-state index is 0.302. The molecular formula is C29H31N5O2S. The van der Waals surface area contributed by atoms with Gasteiger partial charge in [0, 0.05) is 29.2 Å². The zero-order valence-electron chi connectivity index (χ0n) is 21.1. The lowest BCUT2D eigenvalue weighted by Gasteiger charge is -2.32. The van der Waals surface area contributed by atoms with Gasteiger partial charge in [-0.2, -0.15) is 5.26 Å². The minimum Gasteiger partial charge on any atom is -0.472 e. The van der Waals surface area contributed by atoms with Crippen LogP contribution in [-0.4, -0.2) is 45.2 Å². The lowest BCUT2D eigenvalue weighted by molar-refractivity contribution is -0.0592. The Bertz CT molecular complexity index is 1430. The fraction of sp³-hybridized carbons (Fsp3) is 0.414. The first-order chi connectivity index (χ1) is 18.1. The Morgan fingerprint density at radius 3 is 2.73 bits per heavy atom. The predicted octanol–water partition coefficient (Wildman–Crippen LogP) is 5.42. The Morgan fingerprint density at radius 1 is 1.11 bits per heavy atom. The average Bonchev–Trinajstić information content (AvgIpc) is 3.49. The predicted molar refractivity (Wildman–Crippen MR) is 144 cm³/mol. The maximum absolute atomic E-state index is 9.02. The molecule has 6 rings (SSSR count). The van der Waals surface area contributed by atoms with Gasteiger partial charge in [0.05, 0.1) is 30.2 Å². The van der Waals surface area contributed by atoms with E-state index in [9.17, 15) is 0 Å². The van der Waals surface area contributed by atoms with E-state index in [1.165, 1.54) is 22.4 Å². The molecule has 1 aromatic carbocycles. The Balaban J connectivity index is 1.09. The van der Waals surface area contributed by atoms with Crippen molar-refractivity contribution in [2.75, 3.05) is 19.7 Å². The molecule has 5 heterocycles. The van der Waals surface area contributed by atoms with Crippen molar-refractivity contribution in [1.82, 2.24) is 19.4 Å². The number of benzene rings is 1. The number of imidazole rings is 1. The van der Waals surface area contributed by atoms with Crippen LogP contribution in [0.25, 0.3) is 11.0 Å². The molecule has 0 saturated carbocycles. The molecule has 0 unspecified atom stereocenters. The zero-order valence-corrected chi connectivity index (χ0v) is 21.9. The van der Waals surface area contributed by atoms with Crippen molar-refractivity contribution in [3.05, 3.63) is 75.4 Å². The van der Waals surface area contributed by atoms with Gasteiger partial charge in [-0.1, -0.05) is 12.1 Å². The van der Waals surface area contributed by atoms with Gasteiger partial charge < -0.3 is 14.0 Å². The number of piperidine rings is 1. The zero-order chi connectivity index (χ0) is 25.2. The molecule has 2 aliphatic heterocycles. The van der Waals surface area contributed by atoms with E-state index in [1.54, 1.807) is 0 Å². The van der Waals surface area contributed by atoms with Crippen molar-refractivity contribution in [1.29, 1.82) is 5.26 Å². The summed E-state index contributed by atoms with van der Waals surface area (Å²) in [7, 11) is 0. The number of ether oxygens (including phenoxy) is 2. The second-order valence-electron chi connectivity index (χ2n) is 10.0. The number of aromatic nitrogens is 3. The van der Waals surface area contributed by atoms with Gasteiger partial charge in [-0.25, -0.2) is 9.97 Å². The van der Waals surface area contributed by atoms with Gasteiger partial charge in [-0.3, -0.25) is 4.90 Å². The molecule has 7 nitrogen and oxygen atoms in total. The first-order valence-electron chi connectivity index (χ1n) is 13.0. The maximum Gasteiger partial charge on any atom is 0.213 e. The van der Waals surface area contributed by atoms with Gasteiger partial charge in [0.1, 0.15) is 23.4 Å². The third-order valence-corrected chi connectivity index (χ3v) is 8.38. The standard InChI is InChI=1S/C29H31N5O2S/c1-20-5-8-26-27(15-20)34(17-22-11-14-35-22)28(31-26)18-33-12-9-21(10-13-33)25-3-2-4-29(32-25)36-19-24-7-6-23(16-30)37-24/h2-8,15,21-22H,9-14,17-19H2,1H3/t22-/m0/s1. The molecule has 0 bridgehead atoms. The Labute approximate surface area is 221 Å². The van der Waals surface area contributed by atoms with E-state index in [4.69, 9.17) is 24.7 Å². The quantitative estimate of drug-likeness (QED) is 0.313. The summed E-state index contributed by atoms with van der Waals surface area (Å²) in [4.78, 5) is 14.1.